The molecule has 0 N–H and O–H groups in total. The van der Waals surface area contributed by atoms with E-state index in [-0.39, 0.29) is 12.1 Å². The van der Waals surface area contributed by atoms with E-state index in [2.05, 4.69) is 0 Å². The zero-order chi connectivity index (χ0) is 13.8. The Kier molecular flexibility index (Phi) is 4.24. The van der Waals surface area contributed by atoms with E-state index in [1.807, 2.05) is 30.3 Å². The van der Waals surface area contributed by atoms with Crippen LogP contribution in [0.2, 0.25) is 0 Å². The van der Waals surface area contributed by atoms with Crippen molar-refractivity contribution < 1.29 is 14.3 Å². The van der Waals surface area contributed by atoms with Crippen LogP contribution in [0.5, 0.6) is 5.75 Å². The predicted molar refractivity (Wildman–Crippen MR) is 76.5 cm³/mol. The number of carbonyl (C=O) groups is 1. The first-order chi connectivity index (χ1) is 9.81. The van der Waals surface area contributed by atoms with Crippen LogP contribution in [-0.2, 0) is 9.53 Å². The van der Waals surface area contributed by atoms with Gasteiger partial charge in [0.15, 0.2) is 0 Å². The second-order valence-corrected chi connectivity index (χ2v) is 5.97. The van der Waals surface area contributed by atoms with Crippen molar-refractivity contribution in [3.05, 3.63) is 30.3 Å². The molecule has 2 saturated carbocycles. The summed E-state index contributed by atoms with van der Waals surface area (Å²) < 4.78 is 11.2. The van der Waals surface area contributed by atoms with E-state index in [1.54, 1.807) is 0 Å². The van der Waals surface area contributed by atoms with E-state index in [1.165, 1.54) is 19.3 Å². The summed E-state index contributed by atoms with van der Waals surface area (Å²) in [6.07, 6.45) is 6.33. The monoisotopic (exact) mass is 274 g/mol. The summed E-state index contributed by atoms with van der Waals surface area (Å²) in [5.41, 5.74) is 0. The van der Waals surface area contributed by atoms with Gasteiger partial charge in [0.25, 0.3) is 0 Å². The largest absolute Gasteiger partial charge is 0.494 e. The number of carbonyl (C=O) groups excluding carboxylic acids is 1. The Morgan fingerprint density at radius 3 is 2.70 bits per heavy atom. The summed E-state index contributed by atoms with van der Waals surface area (Å²) in [6.45, 7) is 0.565. The Bertz CT molecular complexity index is 443. The van der Waals surface area contributed by atoms with Crippen molar-refractivity contribution in [1.29, 1.82) is 0 Å². The van der Waals surface area contributed by atoms with E-state index < -0.39 is 0 Å². The Hall–Kier alpha value is -1.51. The number of para-hydroxylation sites is 1. The highest BCUT2D eigenvalue weighted by molar-refractivity contribution is 5.69. The summed E-state index contributed by atoms with van der Waals surface area (Å²) in [6, 6.07) is 9.69. The summed E-state index contributed by atoms with van der Waals surface area (Å²) in [5.74, 6) is 2.26. The molecule has 3 heteroatoms. The number of benzene rings is 1. The molecule has 3 rings (SSSR count). The van der Waals surface area contributed by atoms with E-state index in [0.29, 0.717) is 25.4 Å². The van der Waals surface area contributed by atoms with Crippen molar-refractivity contribution in [3.8, 4) is 5.75 Å². The van der Waals surface area contributed by atoms with Gasteiger partial charge in [-0.05, 0) is 56.1 Å². The molecule has 2 fully saturated rings. The van der Waals surface area contributed by atoms with Gasteiger partial charge in [-0.25, -0.2) is 0 Å². The quantitative estimate of drug-likeness (QED) is 0.587. The third kappa shape index (κ3) is 3.33. The van der Waals surface area contributed by atoms with E-state index in [9.17, 15) is 4.79 Å². The second kappa shape index (κ2) is 6.29. The molecule has 0 aromatic heterocycles. The second-order valence-electron chi connectivity index (χ2n) is 5.97. The highest BCUT2D eigenvalue weighted by Gasteiger charge is 2.41. The maximum absolute atomic E-state index is 11.8. The van der Waals surface area contributed by atoms with Gasteiger partial charge in [-0.2, -0.15) is 0 Å². The molecule has 2 aliphatic rings. The maximum Gasteiger partial charge on any atom is 0.306 e. The molecule has 2 aliphatic carbocycles. The maximum atomic E-state index is 11.8. The van der Waals surface area contributed by atoms with Gasteiger partial charge >= 0.3 is 5.97 Å². The molecule has 20 heavy (non-hydrogen) atoms. The number of ether oxygens (including phenoxy) is 2. The highest BCUT2D eigenvalue weighted by atomic mass is 16.5. The normalized spacial score (nSPS) is 27.5. The summed E-state index contributed by atoms with van der Waals surface area (Å²) in [5, 5.41) is 0. The smallest absolute Gasteiger partial charge is 0.306 e. The van der Waals surface area contributed by atoms with Crippen molar-refractivity contribution in [1.82, 2.24) is 0 Å². The molecular formula is C17H22O3. The molecule has 108 valence electrons. The first-order valence-electron chi connectivity index (χ1n) is 7.68. The lowest BCUT2D eigenvalue weighted by Crippen LogP contribution is -2.24. The zero-order valence-corrected chi connectivity index (χ0v) is 11.8. The zero-order valence-electron chi connectivity index (χ0n) is 11.8. The van der Waals surface area contributed by atoms with E-state index in [4.69, 9.17) is 9.47 Å². The SMILES string of the molecule is O=C(CCCOc1ccccc1)OC1CC2CCC1C2. The Morgan fingerprint density at radius 1 is 1.15 bits per heavy atom. The molecule has 0 heterocycles. The average Bonchev–Trinajstić information content (AvgIpc) is 3.07. The first kappa shape index (κ1) is 13.5. The van der Waals surface area contributed by atoms with Crippen molar-refractivity contribution >= 4 is 5.97 Å². The van der Waals surface area contributed by atoms with Crippen molar-refractivity contribution in [2.45, 2.75) is 44.6 Å². The van der Waals surface area contributed by atoms with Crippen LogP contribution in [0.25, 0.3) is 0 Å². The Morgan fingerprint density at radius 2 is 2.00 bits per heavy atom. The Balaban J connectivity index is 1.32. The minimum atomic E-state index is -0.0563. The van der Waals surface area contributed by atoms with Crippen LogP contribution in [0, 0.1) is 11.8 Å². The summed E-state index contributed by atoms with van der Waals surface area (Å²) in [7, 11) is 0. The lowest BCUT2D eigenvalue weighted by Gasteiger charge is -2.21. The van der Waals surface area contributed by atoms with Crippen LogP contribution in [0.4, 0.5) is 0 Å². The summed E-state index contributed by atoms with van der Waals surface area (Å²) >= 11 is 0. The van der Waals surface area contributed by atoms with Crippen LogP contribution in [0.15, 0.2) is 30.3 Å². The molecule has 1 aromatic carbocycles. The van der Waals surface area contributed by atoms with E-state index in [0.717, 1.165) is 18.1 Å². The van der Waals surface area contributed by atoms with E-state index >= 15 is 0 Å². The standard InChI is InChI=1S/C17H22O3/c18-17(20-16-12-13-8-9-14(16)11-13)7-4-10-19-15-5-2-1-3-6-15/h1-3,5-6,13-14,16H,4,7-12H2. The molecule has 0 spiro atoms. The van der Waals surface area contributed by atoms with Gasteiger partial charge in [0.05, 0.1) is 6.61 Å². The molecule has 0 radical (unpaired) electrons. The molecule has 2 bridgehead atoms. The number of hydrogen-bond donors (Lipinski definition) is 0. The molecule has 0 aliphatic heterocycles. The van der Waals surface area contributed by atoms with Gasteiger partial charge in [-0.3, -0.25) is 4.79 Å². The van der Waals surface area contributed by atoms with Gasteiger partial charge in [0.1, 0.15) is 11.9 Å². The highest BCUT2D eigenvalue weighted by Crippen LogP contribution is 2.45. The van der Waals surface area contributed by atoms with Gasteiger partial charge in [0.2, 0.25) is 0 Å². The van der Waals surface area contributed by atoms with Crippen LogP contribution >= 0.6 is 0 Å². The van der Waals surface area contributed by atoms with Gasteiger partial charge in [0, 0.05) is 6.42 Å². The predicted octanol–water partition coefficient (Wildman–Crippen LogP) is 3.58. The molecule has 3 nitrogen and oxygen atoms in total. The van der Waals surface area contributed by atoms with Crippen LogP contribution < -0.4 is 4.74 Å². The Labute approximate surface area is 120 Å². The number of fused-ring (bicyclic) bond motifs is 2. The molecule has 0 saturated heterocycles. The van der Waals surface area contributed by atoms with Crippen LogP contribution in [-0.4, -0.2) is 18.7 Å². The van der Waals surface area contributed by atoms with Crippen molar-refractivity contribution in [3.63, 3.8) is 0 Å². The topological polar surface area (TPSA) is 35.5 Å². The lowest BCUT2D eigenvalue weighted by molar-refractivity contribution is -0.151. The van der Waals surface area contributed by atoms with Gasteiger partial charge in [-0.15, -0.1) is 0 Å². The fraction of sp³-hybridized carbons (Fsp3) is 0.588. The minimum absolute atomic E-state index is 0.0563. The van der Waals surface area contributed by atoms with Gasteiger partial charge < -0.3 is 9.47 Å². The number of hydrogen-bond acceptors (Lipinski definition) is 3. The fourth-order valence-electron chi connectivity index (χ4n) is 3.48. The third-order valence-electron chi connectivity index (χ3n) is 4.49. The van der Waals surface area contributed by atoms with Crippen LogP contribution in [0.1, 0.15) is 38.5 Å². The number of rotatable bonds is 6. The third-order valence-corrected chi connectivity index (χ3v) is 4.49. The minimum Gasteiger partial charge on any atom is -0.494 e. The fourth-order valence-corrected chi connectivity index (χ4v) is 3.48. The first-order valence-corrected chi connectivity index (χ1v) is 7.68. The molecule has 3 unspecified atom stereocenters. The lowest BCUT2D eigenvalue weighted by atomic mass is 9.98. The molecule has 3 atom stereocenters. The average molecular weight is 274 g/mol. The molecule has 0 amide bonds. The van der Waals surface area contributed by atoms with Crippen molar-refractivity contribution in [2.24, 2.45) is 11.8 Å². The van der Waals surface area contributed by atoms with Crippen LogP contribution in [0.3, 0.4) is 0 Å². The molecule has 1 aromatic rings. The summed E-state index contributed by atoms with van der Waals surface area (Å²) in [4.78, 5) is 11.8. The molecular weight excluding hydrogens is 252 g/mol. The number of esters is 1. The van der Waals surface area contributed by atoms with Crippen molar-refractivity contribution in [2.75, 3.05) is 6.61 Å². The van der Waals surface area contributed by atoms with Gasteiger partial charge in [-0.1, -0.05) is 18.2 Å².